The van der Waals surface area contributed by atoms with Gasteiger partial charge in [-0.15, -0.1) is 0 Å². The lowest BCUT2D eigenvalue weighted by atomic mass is 9.98. The van der Waals surface area contributed by atoms with Crippen LogP contribution in [0.25, 0.3) is 27.9 Å². The zero-order chi connectivity index (χ0) is 17.2. The van der Waals surface area contributed by atoms with Gasteiger partial charge in [-0.2, -0.15) is 0 Å². The summed E-state index contributed by atoms with van der Waals surface area (Å²) in [4.78, 5) is 12.9. The van der Waals surface area contributed by atoms with Crippen LogP contribution in [0.3, 0.4) is 0 Å². The maximum atomic E-state index is 12.9. The third-order valence-electron chi connectivity index (χ3n) is 4.46. The number of hydrogen-bond donors (Lipinski definition) is 2. The summed E-state index contributed by atoms with van der Waals surface area (Å²) in [5.74, 6) is 0.506. The number of aromatic nitrogens is 1. The summed E-state index contributed by atoms with van der Waals surface area (Å²) in [6, 6.07) is 6.08. The zero-order valence-corrected chi connectivity index (χ0v) is 13.6. The Morgan fingerprint density at radius 3 is 2.67 bits per heavy atom. The molecule has 1 aliphatic rings. The average molecular weight is 323 g/mol. The van der Waals surface area contributed by atoms with Gasteiger partial charge in [-0.1, -0.05) is 0 Å². The molecule has 1 aliphatic heterocycles. The van der Waals surface area contributed by atoms with Crippen molar-refractivity contribution in [2.75, 3.05) is 0 Å². The summed E-state index contributed by atoms with van der Waals surface area (Å²) in [5.41, 5.74) is 1.17. The van der Waals surface area contributed by atoms with E-state index in [-0.39, 0.29) is 22.3 Å². The standard InChI is InChI=1S/C19H17NO4/c1-19(2)7-6-12-15(24-19)9-14(22)16-17(12)20(3)13-8-10(21)4-5-11(13)18(16)23/h4-9,21-22H,1-3H3. The summed E-state index contributed by atoms with van der Waals surface area (Å²) in [5, 5.41) is 20.9. The van der Waals surface area contributed by atoms with E-state index in [1.807, 2.05) is 26.0 Å². The zero-order valence-electron chi connectivity index (χ0n) is 13.6. The molecule has 1 aromatic heterocycles. The number of phenolic OH excluding ortho intramolecular Hbond substituents is 2. The van der Waals surface area contributed by atoms with E-state index in [0.29, 0.717) is 22.2 Å². The highest BCUT2D eigenvalue weighted by atomic mass is 16.5. The summed E-state index contributed by atoms with van der Waals surface area (Å²) in [7, 11) is 1.80. The Bertz CT molecular complexity index is 1110. The van der Waals surface area contributed by atoms with Crippen LogP contribution in [0.5, 0.6) is 17.2 Å². The van der Waals surface area contributed by atoms with Crippen LogP contribution in [-0.2, 0) is 7.05 Å². The first kappa shape index (κ1) is 14.6. The topological polar surface area (TPSA) is 71.7 Å². The van der Waals surface area contributed by atoms with E-state index in [1.165, 1.54) is 12.1 Å². The number of benzene rings is 2. The predicted octanol–water partition coefficient (Wildman–Crippen LogP) is 3.29. The number of aromatic hydroxyl groups is 2. The second-order valence-electron chi connectivity index (χ2n) is 6.66. The van der Waals surface area contributed by atoms with Crippen molar-refractivity contribution >= 4 is 27.9 Å². The molecule has 0 bridgehead atoms. The molecule has 122 valence electrons. The van der Waals surface area contributed by atoms with E-state index in [9.17, 15) is 15.0 Å². The average Bonchev–Trinajstić information content (AvgIpc) is 2.50. The normalized spacial score (nSPS) is 15.5. The van der Waals surface area contributed by atoms with Gasteiger partial charge in [0.05, 0.1) is 16.4 Å². The summed E-state index contributed by atoms with van der Waals surface area (Å²) in [6.07, 6.45) is 3.83. The van der Waals surface area contributed by atoms with Crippen molar-refractivity contribution < 1.29 is 14.9 Å². The summed E-state index contributed by atoms with van der Waals surface area (Å²) >= 11 is 0. The number of fused-ring (bicyclic) bond motifs is 4. The van der Waals surface area contributed by atoms with Crippen molar-refractivity contribution in [2.45, 2.75) is 19.4 Å². The van der Waals surface area contributed by atoms with Crippen molar-refractivity contribution in [3.8, 4) is 17.2 Å². The maximum Gasteiger partial charge on any atom is 0.200 e. The first-order valence-corrected chi connectivity index (χ1v) is 7.68. The fourth-order valence-electron chi connectivity index (χ4n) is 3.31. The number of aryl methyl sites for hydroxylation is 1. The molecule has 0 atom stereocenters. The van der Waals surface area contributed by atoms with Crippen molar-refractivity contribution in [1.82, 2.24) is 4.57 Å². The highest BCUT2D eigenvalue weighted by Gasteiger charge is 2.26. The number of nitrogens with zero attached hydrogens (tertiary/aromatic N) is 1. The van der Waals surface area contributed by atoms with Crippen molar-refractivity contribution in [1.29, 1.82) is 0 Å². The third kappa shape index (κ3) is 1.91. The molecule has 0 saturated carbocycles. The van der Waals surface area contributed by atoms with Crippen LogP contribution in [0, 0.1) is 0 Å². The molecule has 4 rings (SSSR count). The predicted molar refractivity (Wildman–Crippen MR) is 93.8 cm³/mol. The molecule has 0 saturated heterocycles. The first-order chi connectivity index (χ1) is 11.3. The van der Waals surface area contributed by atoms with Crippen LogP contribution in [0.4, 0.5) is 0 Å². The number of hydrogen-bond acceptors (Lipinski definition) is 4. The van der Waals surface area contributed by atoms with Gasteiger partial charge in [0.2, 0.25) is 5.43 Å². The minimum absolute atomic E-state index is 0.0822. The van der Waals surface area contributed by atoms with E-state index in [0.717, 1.165) is 5.56 Å². The smallest absolute Gasteiger partial charge is 0.200 e. The molecule has 0 fully saturated rings. The van der Waals surface area contributed by atoms with Gasteiger partial charge in [0.25, 0.3) is 0 Å². The number of phenols is 2. The van der Waals surface area contributed by atoms with Gasteiger partial charge in [-0.05, 0) is 38.1 Å². The largest absolute Gasteiger partial charge is 0.508 e. The van der Waals surface area contributed by atoms with Crippen LogP contribution in [0.2, 0.25) is 0 Å². The molecule has 0 amide bonds. The van der Waals surface area contributed by atoms with Gasteiger partial charge >= 0.3 is 0 Å². The van der Waals surface area contributed by atoms with Gasteiger partial charge in [0, 0.05) is 30.1 Å². The monoisotopic (exact) mass is 323 g/mol. The van der Waals surface area contributed by atoms with Crippen LogP contribution >= 0.6 is 0 Å². The fourth-order valence-corrected chi connectivity index (χ4v) is 3.31. The van der Waals surface area contributed by atoms with Crippen molar-refractivity contribution in [3.05, 3.63) is 46.1 Å². The SMILES string of the molecule is Cn1c2cc(O)ccc2c(=O)c2c(O)cc3c(c21)C=CC(C)(C)O3. The Morgan fingerprint density at radius 1 is 1.17 bits per heavy atom. The van der Waals surface area contributed by atoms with Crippen LogP contribution in [-0.4, -0.2) is 20.4 Å². The molecule has 5 nitrogen and oxygen atoms in total. The minimum Gasteiger partial charge on any atom is -0.508 e. The molecule has 2 aromatic carbocycles. The van der Waals surface area contributed by atoms with Crippen LogP contribution in [0.1, 0.15) is 19.4 Å². The minimum atomic E-state index is -0.485. The first-order valence-electron chi connectivity index (χ1n) is 7.68. The molecule has 2 N–H and O–H groups in total. The van der Waals surface area contributed by atoms with E-state index in [1.54, 1.807) is 23.7 Å². The molecular weight excluding hydrogens is 306 g/mol. The van der Waals surface area contributed by atoms with Crippen molar-refractivity contribution in [2.24, 2.45) is 7.05 Å². The fraction of sp³-hybridized carbons (Fsp3) is 0.211. The highest BCUT2D eigenvalue weighted by Crippen LogP contribution is 2.40. The van der Waals surface area contributed by atoms with Gasteiger partial charge in [-0.25, -0.2) is 0 Å². The van der Waals surface area contributed by atoms with E-state index < -0.39 is 5.60 Å². The Morgan fingerprint density at radius 2 is 1.92 bits per heavy atom. The van der Waals surface area contributed by atoms with Crippen LogP contribution < -0.4 is 10.2 Å². The molecule has 0 unspecified atom stereocenters. The molecular formula is C19H17NO4. The van der Waals surface area contributed by atoms with Crippen molar-refractivity contribution in [3.63, 3.8) is 0 Å². The Labute approximate surface area is 138 Å². The second kappa shape index (κ2) is 4.54. The lowest BCUT2D eigenvalue weighted by Crippen LogP contribution is -2.28. The van der Waals surface area contributed by atoms with Gasteiger partial charge in [0.15, 0.2) is 0 Å². The molecule has 5 heteroatoms. The second-order valence-corrected chi connectivity index (χ2v) is 6.66. The molecule has 3 aromatic rings. The third-order valence-corrected chi connectivity index (χ3v) is 4.46. The lowest BCUT2D eigenvalue weighted by Gasteiger charge is -2.29. The number of ether oxygens (including phenoxy) is 1. The molecule has 24 heavy (non-hydrogen) atoms. The summed E-state index contributed by atoms with van der Waals surface area (Å²) in [6.45, 7) is 3.84. The number of rotatable bonds is 0. The lowest BCUT2D eigenvalue weighted by molar-refractivity contribution is 0.159. The highest BCUT2D eigenvalue weighted by molar-refractivity contribution is 6.02. The van der Waals surface area contributed by atoms with E-state index in [4.69, 9.17) is 4.74 Å². The molecule has 0 aliphatic carbocycles. The van der Waals surface area contributed by atoms with Gasteiger partial charge < -0.3 is 19.5 Å². The Kier molecular flexibility index (Phi) is 2.77. The van der Waals surface area contributed by atoms with E-state index in [2.05, 4.69) is 0 Å². The maximum absolute atomic E-state index is 12.9. The molecule has 2 heterocycles. The molecule has 0 spiro atoms. The Balaban J connectivity index is 2.25. The quantitative estimate of drug-likeness (QED) is 0.623. The Hall–Kier alpha value is -2.95. The van der Waals surface area contributed by atoms with Crippen LogP contribution in [0.15, 0.2) is 35.1 Å². The van der Waals surface area contributed by atoms with E-state index >= 15 is 0 Å². The van der Waals surface area contributed by atoms with Gasteiger partial charge in [-0.3, -0.25) is 4.79 Å². The van der Waals surface area contributed by atoms with Gasteiger partial charge in [0.1, 0.15) is 22.8 Å². The summed E-state index contributed by atoms with van der Waals surface area (Å²) < 4.78 is 7.73. The number of pyridine rings is 1. The molecule has 0 radical (unpaired) electrons.